The highest BCUT2D eigenvalue weighted by Gasteiger charge is 2.28. The van der Waals surface area contributed by atoms with Crippen LogP contribution in [0.25, 0.3) is 0 Å². The molecule has 1 nitrogen and oxygen atoms in total. The Bertz CT molecular complexity index is 105. The van der Waals surface area contributed by atoms with Gasteiger partial charge >= 0.3 is 0 Å². The first-order valence-corrected chi connectivity index (χ1v) is 4.22. The van der Waals surface area contributed by atoms with Crippen molar-refractivity contribution in [2.24, 2.45) is 5.92 Å². The van der Waals surface area contributed by atoms with Crippen LogP contribution >= 0.6 is 0 Å². The molecule has 0 radical (unpaired) electrons. The maximum Gasteiger partial charge on any atom is 0.0134 e. The van der Waals surface area contributed by atoms with Crippen LogP contribution in [0.1, 0.15) is 26.2 Å². The van der Waals surface area contributed by atoms with E-state index in [9.17, 15) is 0 Å². The molecule has 1 aliphatic rings. The molecule has 0 heterocycles. The first-order chi connectivity index (χ1) is 4.88. The molecule has 1 aliphatic carbocycles. The second-order valence-electron chi connectivity index (χ2n) is 3.05. The molecule has 0 bridgehead atoms. The van der Waals surface area contributed by atoms with Crippen LogP contribution < -0.4 is 5.32 Å². The Balaban J connectivity index is 2.12. The number of nitrogens with one attached hydrogen (secondary N) is 1. The smallest absolute Gasteiger partial charge is 0.0134 e. The summed E-state index contributed by atoms with van der Waals surface area (Å²) in [6, 6.07) is 0.762. The van der Waals surface area contributed by atoms with Crippen LogP contribution in [0, 0.1) is 5.92 Å². The van der Waals surface area contributed by atoms with Crippen LogP contribution in [0.2, 0.25) is 0 Å². The molecule has 0 spiro atoms. The van der Waals surface area contributed by atoms with Gasteiger partial charge in [0.25, 0.3) is 0 Å². The summed E-state index contributed by atoms with van der Waals surface area (Å²) in [5.41, 5.74) is 0. The fourth-order valence-electron chi connectivity index (χ4n) is 1.38. The Morgan fingerprint density at radius 1 is 1.70 bits per heavy atom. The van der Waals surface area contributed by atoms with Crippen molar-refractivity contribution in [1.82, 2.24) is 5.32 Å². The van der Waals surface area contributed by atoms with Crippen molar-refractivity contribution in [1.29, 1.82) is 0 Å². The fraction of sp³-hybridized carbons (Fsp3) is 0.778. The standard InChI is InChI=1S/C9H17N/c1-3-7-10-9(4-2)8-5-6-8/h3,8-10H,1,4-7H2,2H3. The Kier molecular flexibility index (Phi) is 2.94. The summed E-state index contributed by atoms with van der Waals surface area (Å²) in [6.07, 6.45) is 6.06. The summed E-state index contributed by atoms with van der Waals surface area (Å²) in [4.78, 5) is 0. The summed E-state index contributed by atoms with van der Waals surface area (Å²) in [5, 5.41) is 3.46. The zero-order valence-corrected chi connectivity index (χ0v) is 6.77. The second-order valence-corrected chi connectivity index (χ2v) is 3.05. The molecule has 0 saturated heterocycles. The molecule has 0 aromatic heterocycles. The predicted octanol–water partition coefficient (Wildman–Crippen LogP) is 1.95. The zero-order chi connectivity index (χ0) is 7.40. The van der Waals surface area contributed by atoms with Gasteiger partial charge in [-0.15, -0.1) is 6.58 Å². The average Bonchev–Trinajstić information content (AvgIpc) is 2.73. The summed E-state index contributed by atoms with van der Waals surface area (Å²) in [5.74, 6) is 0.977. The van der Waals surface area contributed by atoms with Crippen molar-refractivity contribution in [3.8, 4) is 0 Å². The lowest BCUT2D eigenvalue weighted by Crippen LogP contribution is -2.30. The lowest BCUT2D eigenvalue weighted by atomic mass is 10.1. The van der Waals surface area contributed by atoms with Crippen molar-refractivity contribution >= 4 is 0 Å². The monoisotopic (exact) mass is 139 g/mol. The van der Waals surface area contributed by atoms with E-state index in [1.165, 1.54) is 19.3 Å². The lowest BCUT2D eigenvalue weighted by Gasteiger charge is -2.13. The van der Waals surface area contributed by atoms with E-state index in [0.29, 0.717) is 0 Å². The molecular formula is C9H17N. The third kappa shape index (κ3) is 2.14. The van der Waals surface area contributed by atoms with Gasteiger partial charge in [-0.2, -0.15) is 0 Å². The summed E-state index contributed by atoms with van der Waals surface area (Å²) in [7, 11) is 0. The second kappa shape index (κ2) is 3.77. The normalized spacial score (nSPS) is 20.5. The van der Waals surface area contributed by atoms with Gasteiger partial charge in [-0.05, 0) is 25.2 Å². The first kappa shape index (κ1) is 7.80. The van der Waals surface area contributed by atoms with Gasteiger partial charge in [0, 0.05) is 12.6 Å². The maximum atomic E-state index is 3.68. The van der Waals surface area contributed by atoms with Crippen LogP contribution in [0.5, 0.6) is 0 Å². The van der Waals surface area contributed by atoms with Crippen LogP contribution in [0.4, 0.5) is 0 Å². The Labute approximate surface area is 63.5 Å². The van der Waals surface area contributed by atoms with Crippen molar-refractivity contribution in [3.63, 3.8) is 0 Å². The summed E-state index contributed by atoms with van der Waals surface area (Å²) in [6.45, 7) is 6.90. The van der Waals surface area contributed by atoms with Gasteiger partial charge in [-0.3, -0.25) is 0 Å². The lowest BCUT2D eigenvalue weighted by molar-refractivity contribution is 0.472. The molecule has 0 aromatic rings. The molecule has 1 heteroatoms. The van der Waals surface area contributed by atoms with Gasteiger partial charge in [0.05, 0.1) is 0 Å². The number of hydrogen-bond donors (Lipinski definition) is 1. The van der Waals surface area contributed by atoms with E-state index < -0.39 is 0 Å². The minimum absolute atomic E-state index is 0.762. The van der Waals surface area contributed by atoms with Gasteiger partial charge in [0.2, 0.25) is 0 Å². The molecule has 1 atom stereocenters. The third-order valence-corrected chi connectivity index (χ3v) is 2.16. The highest BCUT2D eigenvalue weighted by atomic mass is 14.9. The summed E-state index contributed by atoms with van der Waals surface area (Å²) >= 11 is 0. The molecule has 0 amide bonds. The predicted molar refractivity (Wildman–Crippen MR) is 45.0 cm³/mol. The van der Waals surface area contributed by atoms with E-state index in [1.54, 1.807) is 0 Å². The van der Waals surface area contributed by atoms with E-state index in [4.69, 9.17) is 0 Å². The van der Waals surface area contributed by atoms with Crippen LogP contribution in [-0.2, 0) is 0 Å². The molecule has 0 aliphatic heterocycles. The Hall–Kier alpha value is -0.300. The van der Waals surface area contributed by atoms with Gasteiger partial charge in [-0.25, -0.2) is 0 Å². The topological polar surface area (TPSA) is 12.0 Å². The van der Waals surface area contributed by atoms with Crippen LogP contribution in [0.3, 0.4) is 0 Å². The molecule has 0 aromatic carbocycles. The van der Waals surface area contributed by atoms with Gasteiger partial charge < -0.3 is 5.32 Å². The van der Waals surface area contributed by atoms with E-state index in [-0.39, 0.29) is 0 Å². The number of rotatable bonds is 5. The molecule has 1 fully saturated rings. The van der Waals surface area contributed by atoms with E-state index in [0.717, 1.165) is 18.5 Å². The van der Waals surface area contributed by atoms with Crippen LogP contribution in [-0.4, -0.2) is 12.6 Å². The SMILES string of the molecule is C=CCNC(CC)C1CC1. The third-order valence-electron chi connectivity index (χ3n) is 2.16. The Morgan fingerprint density at radius 2 is 2.40 bits per heavy atom. The molecule has 10 heavy (non-hydrogen) atoms. The van der Waals surface area contributed by atoms with Gasteiger partial charge in [0.1, 0.15) is 0 Å². The van der Waals surface area contributed by atoms with E-state index in [2.05, 4.69) is 18.8 Å². The van der Waals surface area contributed by atoms with E-state index >= 15 is 0 Å². The fourth-order valence-corrected chi connectivity index (χ4v) is 1.38. The molecule has 1 unspecified atom stereocenters. The molecule has 1 saturated carbocycles. The first-order valence-electron chi connectivity index (χ1n) is 4.22. The summed E-state index contributed by atoms with van der Waals surface area (Å²) < 4.78 is 0. The Morgan fingerprint density at radius 3 is 2.80 bits per heavy atom. The molecule has 58 valence electrons. The molecule has 1 rings (SSSR count). The van der Waals surface area contributed by atoms with E-state index in [1.807, 2.05) is 6.08 Å². The quantitative estimate of drug-likeness (QED) is 0.574. The van der Waals surface area contributed by atoms with Crippen molar-refractivity contribution < 1.29 is 0 Å². The van der Waals surface area contributed by atoms with Crippen LogP contribution in [0.15, 0.2) is 12.7 Å². The minimum Gasteiger partial charge on any atom is -0.310 e. The van der Waals surface area contributed by atoms with Crippen molar-refractivity contribution in [2.45, 2.75) is 32.2 Å². The average molecular weight is 139 g/mol. The molecular weight excluding hydrogens is 122 g/mol. The largest absolute Gasteiger partial charge is 0.310 e. The van der Waals surface area contributed by atoms with Crippen molar-refractivity contribution in [2.75, 3.05) is 6.54 Å². The highest BCUT2D eigenvalue weighted by Crippen LogP contribution is 2.33. The highest BCUT2D eigenvalue weighted by molar-refractivity contribution is 4.87. The van der Waals surface area contributed by atoms with Gasteiger partial charge in [-0.1, -0.05) is 13.0 Å². The molecule has 1 N–H and O–H groups in total. The maximum absolute atomic E-state index is 3.68. The minimum atomic E-state index is 0.762. The zero-order valence-electron chi connectivity index (χ0n) is 6.77. The van der Waals surface area contributed by atoms with Gasteiger partial charge in [0.15, 0.2) is 0 Å². The number of hydrogen-bond acceptors (Lipinski definition) is 1. The van der Waals surface area contributed by atoms with Crippen molar-refractivity contribution in [3.05, 3.63) is 12.7 Å².